The Morgan fingerprint density at radius 3 is 2.76 bits per heavy atom. The molecule has 3 heterocycles. The number of hydrazone groups is 1. The molecule has 0 bridgehead atoms. The highest BCUT2D eigenvalue weighted by atomic mass is 32.1. The summed E-state index contributed by atoms with van der Waals surface area (Å²) in [6, 6.07) is 12.8. The van der Waals surface area contributed by atoms with E-state index in [1.807, 2.05) is 17.5 Å². The summed E-state index contributed by atoms with van der Waals surface area (Å²) >= 11 is 1.51. The van der Waals surface area contributed by atoms with E-state index in [1.165, 1.54) is 46.7 Å². The molecule has 1 aromatic carbocycles. The molecule has 148 valence electrons. The van der Waals surface area contributed by atoms with Crippen LogP contribution in [-0.4, -0.2) is 41.0 Å². The maximum absolute atomic E-state index is 14.5. The van der Waals surface area contributed by atoms with Crippen LogP contribution in [0.25, 0.3) is 0 Å². The molecule has 2 aromatic heterocycles. The molecular weight excluding hydrogens is 393 g/mol. The Morgan fingerprint density at radius 2 is 2.07 bits per heavy atom. The van der Waals surface area contributed by atoms with Crippen LogP contribution in [0.15, 0.2) is 69.7 Å². The second-order valence-electron chi connectivity index (χ2n) is 6.64. The van der Waals surface area contributed by atoms with E-state index in [0.717, 1.165) is 10.6 Å². The number of likely N-dealkylation sites (N-methyl/N-ethyl adjacent to an activating group) is 1. The van der Waals surface area contributed by atoms with Crippen LogP contribution in [0.1, 0.15) is 33.5 Å². The average Bonchev–Trinajstić information content (AvgIpc) is 3.48. The molecule has 6 nitrogen and oxygen atoms in total. The van der Waals surface area contributed by atoms with Gasteiger partial charge in [-0.05, 0) is 29.6 Å². The Hall–Kier alpha value is -3.26. The van der Waals surface area contributed by atoms with Crippen LogP contribution in [0.5, 0.6) is 0 Å². The third kappa shape index (κ3) is 3.84. The van der Waals surface area contributed by atoms with Gasteiger partial charge in [-0.3, -0.25) is 9.59 Å². The molecule has 8 heteroatoms. The summed E-state index contributed by atoms with van der Waals surface area (Å²) in [7, 11) is 1.51. The van der Waals surface area contributed by atoms with Crippen molar-refractivity contribution in [3.8, 4) is 0 Å². The number of halogens is 1. The van der Waals surface area contributed by atoms with Crippen molar-refractivity contribution >= 4 is 28.9 Å². The fourth-order valence-electron chi connectivity index (χ4n) is 3.25. The van der Waals surface area contributed by atoms with E-state index in [9.17, 15) is 14.0 Å². The van der Waals surface area contributed by atoms with Crippen LogP contribution in [0, 0.1) is 5.82 Å². The first kappa shape index (κ1) is 19.1. The van der Waals surface area contributed by atoms with Gasteiger partial charge in [-0.2, -0.15) is 5.10 Å². The lowest BCUT2D eigenvalue weighted by Gasteiger charge is -2.24. The predicted molar refractivity (Wildman–Crippen MR) is 107 cm³/mol. The number of nitrogens with zero attached hydrogens (tertiary/aromatic N) is 3. The normalized spacial score (nSPS) is 16.0. The van der Waals surface area contributed by atoms with Crippen LogP contribution in [0.3, 0.4) is 0 Å². The minimum absolute atomic E-state index is 0.148. The highest BCUT2D eigenvalue weighted by Crippen LogP contribution is 2.35. The zero-order valence-electron chi connectivity index (χ0n) is 15.6. The number of carbonyl (C=O) groups is 2. The fraction of sp³-hybridized carbons (Fsp3) is 0.190. The van der Waals surface area contributed by atoms with E-state index in [-0.39, 0.29) is 12.3 Å². The zero-order valence-corrected chi connectivity index (χ0v) is 16.4. The molecule has 0 fully saturated rings. The Balaban J connectivity index is 1.59. The zero-order chi connectivity index (χ0) is 20.4. The third-order valence-electron chi connectivity index (χ3n) is 4.69. The fourth-order valence-corrected chi connectivity index (χ4v) is 3.98. The largest absolute Gasteiger partial charge is 0.459 e. The van der Waals surface area contributed by atoms with Crippen molar-refractivity contribution in [2.45, 2.75) is 12.5 Å². The molecule has 0 N–H and O–H groups in total. The van der Waals surface area contributed by atoms with Gasteiger partial charge in [0, 0.05) is 19.0 Å². The van der Waals surface area contributed by atoms with Crippen LogP contribution < -0.4 is 0 Å². The van der Waals surface area contributed by atoms with E-state index in [4.69, 9.17) is 4.42 Å². The van der Waals surface area contributed by atoms with Gasteiger partial charge in [0.15, 0.2) is 5.76 Å². The van der Waals surface area contributed by atoms with E-state index >= 15 is 0 Å². The predicted octanol–water partition coefficient (Wildman–Crippen LogP) is 3.93. The summed E-state index contributed by atoms with van der Waals surface area (Å²) in [4.78, 5) is 27.6. The SMILES string of the molecule is CN(CC(=O)N1N=C(c2cccs2)C[C@@H]1c1ccccc1F)C(=O)c1ccco1. The number of rotatable bonds is 5. The van der Waals surface area contributed by atoms with Crippen LogP contribution in [-0.2, 0) is 4.79 Å². The van der Waals surface area contributed by atoms with Crippen LogP contribution in [0.4, 0.5) is 4.39 Å². The smallest absolute Gasteiger partial charge is 0.289 e. The van der Waals surface area contributed by atoms with Gasteiger partial charge in [0.25, 0.3) is 11.8 Å². The van der Waals surface area contributed by atoms with Crippen molar-refractivity contribution in [3.05, 3.63) is 82.2 Å². The summed E-state index contributed by atoms with van der Waals surface area (Å²) in [6.45, 7) is -0.203. The Kier molecular flexibility index (Phi) is 5.26. The average molecular weight is 411 g/mol. The quantitative estimate of drug-likeness (QED) is 0.639. The van der Waals surface area contributed by atoms with Gasteiger partial charge in [0.05, 0.1) is 22.9 Å². The van der Waals surface area contributed by atoms with E-state index in [2.05, 4.69) is 5.10 Å². The summed E-state index contributed by atoms with van der Waals surface area (Å²) in [5.41, 5.74) is 1.12. The summed E-state index contributed by atoms with van der Waals surface area (Å²) < 4.78 is 19.6. The molecule has 0 saturated heterocycles. The molecule has 0 saturated carbocycles. The number of hydrogen-bond acceptors (Lipinski definition) is 5. The first-order valence-corrected chi connectivity index (χ1v) is 9.89. The summed E-state index contributed by atoms with van der Waals surface area (Å²) in [6.07, 6.45) is 1.80. The minimum atomic E-state index is -0.562. The van der Waals surface area contributed by atoms with Crippen molar-refractivity contribution in [1.29, 1.82) is 0 Å². The van der Waals surface area contributed by atoms with E-state index < -0.39 is 23.7 Å². The summed E-state index contributed by atoms with van der Waals surface area (Å²) in [5, 5.41) is 7.71. The molecule has 2 amide bonds. The second kappa shape index (κ2) is 8.00. The second-order valence-corrected chi connectivity index (χ2v) is 7.59. The number of thiophene rings is 1. The first-order chi connectivity index (χ1) is 14.0. The molecule has 1 aliphatic heterocycles. The Labute approximate surface area is 170 Å². The van der Waals surface area contributed by atoms with Gasteiger partial charge in [0.2, 0.25) is 0 Å². The van der Waals surface area contributed by atoms with Crippen molar-refractivity contribution in [2.24, 2.45) is 5.10 Å². The van der Waals surface area contributed by atoms with Crippen molar-refractivity contribution < 1.29 is 18.4 Å². The molecule has 1 atom stereocenters. The molecule has 3 aromatic rings. The molecule has 29 heavy (non-hydrogen) atoms. The minimum Gasteiger partial charge on any atom is -0.459 e. The Bertz CT molecular complexity index is 1050. The standard InChI is InChI=1S/C21H18FN3O3S/c1-24(21(27)18-8-4-10-28-18)13-20(26)25-17(14-6-2-3-7-15(14)22)12-16(23-25)19-9-5-11-29-19/h2-11,17H,12-13H2,1H3/t17-/m1/s1. The van der Waals surface area contributed by atoms with Gasteiger partial charge in [-0.1, -0.05) is 24.3 Å². The van der Waals surface area contributed by atoms with Crippen LogP contribution in [0.2, 0.25) is 0 Å². The van der Waals surface area contributed by atoms with Gasteiger partial charge in [-0.15, -0.1) is 11.3 Å². The lowest BCUT2D eigenvalue weighted by atomic mass is 10.0. The lowest BCUT2D eigenvalue weighted by molar-refractivity contribution is -0.133. The number of benzene rings is 1. The number of furan rings is 1. The topological polar surface area (TPSA) is 66.1 Å². The highest BCUT2D eigenvalue weighted by Gasteiger charge is 2.35. The Morgan fingerprint density at radius 1 is 1.24 bits per heavy atom. The number of amides is 2. The molecule has 1 aliphatic rings. The third-order valence-corrected chi connectivity index (χ3v) is 5.61. The maximum Gasteiger partial charge on any atom is 0.289 e. The molecule has 0 radical (unpaired) electrons. The molecular formula is C21H18FN3O3S. The summed E-state index contributed by atoms with van der Waals surface area (Å²) in [5.74, 6) is -1.05. The van der Waals surface area contributed by atoms with Gasteiger partial charge >= 0.3 is 0 Å². The van der Waals surface area contributed by atoms with Crippen molar-refractivity contribution in [2.75, 3.05) is 13.6 Å². The van der Waals surface area contributed by atoms with Gasteiger partial charge < -0.3 is 9.32 Å². The lowest BCUT2D eigenvalue weighted by Crippen LogP contribution is -2.39. The van der Waals surface area contributed by atoms with Crippen molar-refractivity contribution in [3.63, 3.8) is 0 Å². The number of carbonyl (C=O) groups excluding carboxylic acids is 2. The van der Waals surface area contributed by atoms with Crippen LogP contribution >= 0.6 is 11.3 Å². The molecule has 0 spiro atoms. The van der Waals surface area contributed by atoms with Gasteiger partial charge in [-0.25, -0.2) is 9.40 Å². The molecule has 4 rings (SSSR count). The first-order valence-electron chi connectivity index (χ1n) is 9.01. The van der Waals surface area contributed by atoms with Crippen molar-refractivity contribution in [1.82, 2.24) is 9.91 Å². The molecule has 0 aliphatic carbocycles. The monoisotopic (exact) mass is 411 g/mol. The number of hydrogen-bond donors (Lipinski definition) is 0. The van der Waals surface area contributed by atoms with Gasteiger partial charge in [0.1, 0.15) is 12.4 Å². The highest BCUT2D eigenvalue weighted by molar-refractivity contribution is 7.12. The molecule has 0 unspecified atom stereocenters. The van der Waals surface area contributed by atoms with E-state index in [1.54, 1.807) is 24.3 Å². The maximum atomic E-state index is 14.5. The van der Waals surface area contributed by atoms with E-state index in [0.29, 0.717) is 12.0 Å².